The molecule has 2 heterocycles. The summed E-state index contributed by atoms with van der Waals surface area (Å²) in [7, 11) is 0. The lowest BCUT2D eigenvalue weighted by Gasteiger charge is -2.23. The van der Waals surface area contributed by atoms with E-state index in [4.69, 9.17) is 4.74 Å². The second kappa shape index (κ2) is 5.51. The highest BCUT2D eigenvalue weighted by molar-refractivity contribution is 6.29. The van der Waals surface area contributed by atoms with Gasteiger partial charge in [-0.3, -0.25) is 14.4 Å². The molecule has 0 bridgehead atoms. The van der Waals surface area contributed by atoms with Gasteiger partial charge in [0.2, 0.25) is 0 Å². The number of benzene rings is 2. The summed E-state index contributed by atoms with van der Waals surface area (Å²) in [5.41, 5.74) is 4.54. The molecular formula is C22H15NO4. The smallest absolute Gasteiger partial charge is 0.308 e. The summed E-state index contributed by atoms with van der Waals surface area (Å²) in [6.07, 6.45) is 2.22. The van der Waals surface area contributed by atoms with Crippen molar-refractivity contribution in [3.63, 3.8) is 0 Å². The highest BCUT2D eigenvalue weighted by Gasteiger charge is 2.36. The Morgan fingerprint density at radius 3 is 2.44 bits per heavy atom. The molecule has 0 atom stereocenters. The van der Waals surface area contributed by atoms with Gasteiger partial charge in [-0.1, -0.05) is 36.4 Å². The molecule has 0 saturated carbocycles. The predicted octanol–water partition coefficient (Wildman–Crippen LogP) is 3.14. The van der Waals surface area contributed by atoms with Crippen LogP contribution in [0.3, 0.4) is 0 Å². The molecular weight excluding hydrogens is 342 g/mol. The van der Waals surface area contributed by atoms with Gasteiger partial charge >= 0.3 is 5.97 Å². The Kier molecular flexibility index (Phi) is 3.22. The Morgan fingerprint density at radius 2 is 1.70 bits per heavy atom. The monoisotopic (exact) mass is 357 g/mol. The molecule has 0 amide bonds. The first-order valence-corrected chi connectivity index (χ1v) is 8.74. The summed E-state index contributed by atoms with van der Waals surface area (Å²) >= 11 is 0. The van der Waals surface area contributed by atoms with Gasteiger partial charge in [0.05, 0.1) is 11.1 Å². The van der Waals surface area contributed by atoms with Crippen LogP contribution in [0.2, 0.25) is 0 Å². The van der Waals surface area contributed by atoms with Crippen molar-refractivity contribution in [3.8, 4) is 5.75 Å². The zero-order valence-electron chi connectivity index (χ0n) is 14.6. The summed E-state index contributed by atoms with van der Waals surface area (Å²) < 4.78 is 7.32. The van der Waals surface area contributed by atoms with E-state index in [9.17, 15) is 14.4 Å². The lowest BCUT2D eigenvalue weighted by molar-refractivity contribution is -0.131. The van der Waals surface area contributed by atoms with Crippen molar-refractivity contribution >= 4 is 17.5 Å². The standard InChI is InChI=1S/C22H15NO4/c1-12(24)27-19-8-4-5-13-10-23-11-17-20(18(23)9-16(13)19)22(26)15-7-3-2-6-14(15)21(17)25/h2-8,11H,9-10H2,1H3. The average Bonchev–Trinajstić information content (AvgIpc) is 3.03. The molecule has 27 heavy (non-hydrogen) atoms. The Morgan fingerprint density at radius 1 is 0.963 bits per heavy atom. The summed E-state index contributed by atoms with van der Waals surface area (Å²) in [5, 5.41) is 0. The van der Waals surface area contributed by atoms with Gasteiger partial charge in [-0.05, 0) is 11.6 Å². The molecule has 132 valence electrons. The van der Waals surface area contributed by atoms with Crippen LogP contribution >= 0.6 is 0 Å². The quantitative estimate of drug-likeness (QED) is 0.341. The van der Waals surface area contributed by atoms with E-state index in [0.29, 0.717) is 41.0 Å². The van der Waals surface area contributed by atoms with Crippen LogP contribution in [0.1, 0.15) is 55.6 Å². The van der Waals surface area contributed by atoms with Crippen molar-refractivity contribution < 1.29 is 19.1 Å². The number of carbonyl (C=O) groups excluding carboxylic acids is 3. The van der Waals surface area contributed by atoms with Gasteiger partial charge in [0.1, 0.15) is 5.75 Å². The van der Waals surface area contributed by atoms with Crippen molar-refractivity contribution in [2.75, 3.05) is 0 Å². The molecule has 5 nitrogen and oxygen atoms in total. The number of nitrogens with zero attached hydrogens (tertiary/aromatic N) is 1. The number of ether oxygens (including phenoxy) is 1. The molecule has 3 aromatic rings. The van der Waals surface area contributed by atoms with Gasteiger partial charge < -0.3 is 9.30 Å². The second-order valence-corrected chi connectivity index (χ2v) is 6.86. The van der Waals surface area contributed by atoms with Gasteiger partial charge in [-0.25, -0.2) is 0 Å². The number of carbonyl (C=O) groups is 3. The maximum Gasteiger partial charge on any atom is 0.308 e. The zero-order chi connectivity index (χ0) is 18.7. The third-order valence-electron chi connectivity index (χ3n) is 5.25. The minimum absolute atomic E-state index is 0.119. The normalized spacial score (nSPS) is 14.1. The molecule has 1 aromatic heterocycles. The van der Waals surface area contributed by atoms with E-state index < -0.39 is 0 Å². The van der Waals surface area contributed by atoms with Gasteiger partial charge in [0.25, 0.3) is 0 Å². The highest BCUT2D eigenvalue weighted by Crippen LogP contribution is 2.37. The Balaban J connectivity index is 1.67. The maximum atomic E-state index is 13.1. The molecule has 5 rings (SSSR count). The summed E-state index contributed by atoms with van der Waals surface area (Å²) in [6.45, 7) is 1.90. The predicted molar refractivity (Wildman–Crippen MR) is 97.4 cm³/mol. The minimum atomic E-state index is -0.383. The Bertz CT molecular complexity index is 1170. The number of fused-ring (bicyclic) bond motifs is 5. The number of hydrogen-bond donors (Lipinski definition) is 0. The molecule has 0 unspecified atom stereocenters. The van der Waals surface area contributed by atoms with E-state index in [-0.39, 0.29) is 17.5 Å². The van der Waals surface area contributed by atoms with Crippen LogP contribution < -0.4 is 4.74 Å². The van der Waals surface area contributed by atoms with Crippen LogP contribution in [0.15, 0.2) is 48.7 Å². The van der Waals surface area contributed by atoms with Gasteiger partial charge in [-0.15, -0.1) is 0 Å². The summed E-state index contributed by atoms with van der Waals surface area (Å²) in [5.74, 6) is -0.114. The lowest BCUT2D eigenvalue weighted by atomic mass is 9.84. The molecule has 0 radical (unpaired) electrons. The highest BCUT2D eigenvalue weighted by atomic mass is 16.5. The molecule has 2 aromatic carbocycles. The van der Waals surface area contributed by atoms with Gasteiger partial charge in [0, 0.05) is 48.5 Å². The van der Waals surface area contributed by atoms with Crippen LogP contribution in [0.4, 0.5) is 0 Å². The largest absolute Gasteiger partial charge is 0.426 e. The van der Waals surface area contributed by atoms with E-state index in [0.717, 1.165) is 16.8 Å². The lowest BCUT2D eigenvalue weighted by Crippen LogP contribution is -2.21. The number of esters is 1. The van der Waals surface area contributed by atoms with Crippen LogP contribution in [0.5, 0.6) is 5.75 Å². The Labute approximate surface area is 155 Å². The molecule has 1 aliphatic carbocycles. The molecule has 5 heteroatoms. The number of hydrogen-bond acceptors (Lipinski definition) is 4. The molecule has 0 saturated heterocycles. The summed E-state index contributed by atoms with van der Waals surface area (Å²) in [6, 6.07) is 12.5. The van der Waals surface area contributed by atoms with E-state index in [1.54, 1.807) is 36.5 Å². The number of rotatable bonds is 1. The molecule has 0 N–H and O–H groups in total. The van der Waals surface area contributed by atoms with Crippen molar-refractivity contribution in [2.24, 2.45) is 0 Å². The number of aromatic nitrogens is 1. The molecule has 0 spiro atoms. The third-order valence-corrected chi connectivity index (χ3v) is 5.25. The van der Waals surface area contributed by atoms with Gasteiger partial charge in [0.15, 0.2) is 11.6 Å². The fourth-order valence-electron chi connectivity index (χ4n) is 4.07. The fourth-order valence-corrected chi connectivity index (χ4v) is 4.07. The topological polar surface area (TPSA) is 65.4 Å². The van der Waals surface area contributed by atoms with Crippen molar-refractivity contribution in [2.45, 2.75) is 19.9 Å². The van der Waals surface area contributed by atoms with Crippen molar-refractivity contribution in [3.05, 3.63) is 87.7 Å². The van der Waals surface area contributed by atoms with Crippen LogP contribution in [-0.4, -0.2) is 22.1 Å². The first-order valence-electron chi connectivity index (χ1n) is 8.74. The van der Waals surface area contributed by atoms with E-state index in [2.05, 4.69) is 0 Å². The molecule has 2 aliphatic rings. The van der Waals surface area contributed by atoms with Crippen LogP contribution in [0.25, 0.3) is 0 Å². The molecule has 0 fully saturated rings. The van der Waals surface area contributed by atoms with E-state index in [1.165, 1.54) is 6.92 Å². The molecule has 1 aliphatic heterocycles. The first-order chi connectivity index (χ1) is 13.0. The van der Waals surface area contributed by atoms with Crippen LogP contribution in [0, 0.1) is 0 Å². The zero-order valence-corrected chi connectivity index (χ0v) is 14.6. The van der Waals surface area contributed by atoms with Crippen LogP contribution in [-0.2, 0) is 17.8 Å². The fraction of sp³-hybridized carbons (Fsp3) is 0.136. The third kappa shape index (κ3) is 2.21. The SMILES string of the molecule is CC(=O)Oc1cccc2c1Cc1c3c(cn1C2)C(=O)c1ccccc1C3=O. The van der Waals surface area contributed by atoms with E-state index in [1.807, 2.05) is 16.7 Å². The minimum Gasteiger partial charge on any atom is -0.426 e. The van der Waals surface area contributed by atoms with Crippen molar-refractivity contribution in [1.29, 1.82) is 0 Å². The Hall–Kier alpha value is -3.47. The van der Waals surface area contributed by atoms with E-state index >= 15 is 0 Å². The first kappa shape index (κ1) is 15.8. The maximum absolute atomic E-state index is 13.1. The number of ketones is 2. The summed E-state index contributed by atoms with van der Waals surface area (Å²) in [4.78, 5) is 37.5. The second-order valence-electron chi connectivity index (χ2n) is 6.86. The van der Waals surface area contributed by atoms with Crippen molar-refractivity contribution in [1.82, 2.24) is 4.57 Å². The average molecular weight is 357 g/mol. The van der Waals surface area contributed by atoms with Gasteiger partial charge in [-0.2, -0.15) is 0 Å².